The molecule has 0 spiro atoms. The first kappa shape index (κ1) is 18.4. The second-order valence-electron chi connectivity index (χ2n) is 6.24. The number of aromatic nitrogens is 1. The standard InChI is InChI=1S/C20H18ClNO3S/c1-10-5-7-14(8-6-10)20(26)22-12(3)19(25-13(4)23)17-11(2)18(24)15(21)9-16(17)22/h5-9,24H,1-4H3. The van der Waals surface area contributed by atoms with Gasteiger partial charge >= 0.3 is 5.97 Å². The van der Waals surface area contributed by atoms with Gasteiger partial charge in [-0.3, -0.25) is 4.79 Å². The van der Waals surface area contributed by atoms with E-state index in [1.165, 1.54) is 6.92 Å². The molecule has 3 aromatic rings. The van der Waals surface area contributed by atoms with Gasteiger partial charge in [0.15, 0.2) is 5.75 Å². The number of phenols is 1. The molecule has 1 heterocycles. The molecular weight excluding hydrogens is 370 g/mol. The summed E-state index contributed by atoms with van der Waals surface area (Å²) in [6.07, 6.45) is 0. The predicted molar refractivity (Wildman–Crippen MR) is 108 cm³/mol. The van der Waals surface area contributed by atoms with Crippen molar-refractivity contribution in [3.8, 4) is 11.5 Å². The number of phenolic OH excluding ortho intramolecular Hbond substituents is 1. The van der Waals surface area contributed by atoms with Crippen LogP contribution in [0.5, 0.6) is 11.5 Å². The van der Waals surface area contributed by atoms with E-state index in [0.717, 1.165) is 11.1 Å². The van der Waals surface area contributed by atoms with Crippen LogP contribution in [0.4, 0.5) is 0 Å². The fourth-order valence-electron chi connectivity index (χ4n) is 3.03. The van der Waals surface area contributed by atoms with Gasteiger partial charge in [-0.25, -0.2) is 0 Å². The van der Waals surface area contributed by atoms with Crippen molar-refractivity contribution in [2.45, 2.75) is 27.7 Å². The zero-order valence-corrected chi connectivity index (χ0v) is 16.5. The fourth-order valence-corrected chi connectivity index (χ4v) is 3.65. The maximum Gasteiger partial charge on any atom is 0.308 e. The summed E-state index contributed by atoms with van der Waals surface area (Å²) in [7, 11) is 0. The molecule has 0 aliphatic carbocycles. The van der Waals surface area contributed by atoms with E-state index in [2.05, 4.69) is 0 Å². The van der Waals surface area contributed by atoms with Crippen LogP contribution in [0.2, 0.25) is 5.02 Å². The van der Waals surface area contributed by atoms with Crippen molar-refractivity contribution in [3.63, 3.8) is 0 Å². The van der Waals surface area contributed by atoms with Crippen LogP contribution in [0.3, 0.4) is 0 Å². The highest BCUT2D eigenvalue weighted by molar-refractivity contribution is 7.80. The fraction of sp³-hybridized carbons (Fsp3) is 0.200. The number of aryl methyl sites for hydroxylation is 2. The Morgan fingerprint density at radius 2 is 1.81 bits per heavy atom. The van der Waals surface area contributed by atoms with Crippen molar-refractivity contribution in [1.82, 2.24) is 4.57 Å². The maximum absolute atomic E-state index is 11.6. The number of thiocarbonyl (C=S) groups is 1. The Morgan fingerprint density at radius 1 is 1.19 bits per heavy atom. The smallest absolute Gasteiger partial charge is 0.308 e. The minimum Gasteiger partial charge on any atom is -0.506 e. The summed E-state index contributed by atoms with van der Waals surface area (Å²) in [5.41, 5.74) is 3.89. The number of carbonyl (C=O) groups is 1. The molecular formula is C20H18ClNO3S. The molecule has 0 saturated carbocycles. The molecule has 0 aliphatic rings. The molecule has 0 unspecified atom stereocenters. The lowest BCUT2D eigenvalue weighted by atomic mass is 10.1. The predicted octanol–water partition coefficient (Wildman–Crippen LogP) is 5.07. The molecule has 1 N–H and O–H groups in total. The lowest BCUT2D eigenvalue weighted by molar-refractivity contribution is -0.131. The van der Waals surface area contributed by atoms with Crippen molar-refractivity contribution in [2.24, 2.45) is 0 Å². The number of rotatable bonds is 2. The molecule has 26 heavy (non-hydrogen) atoms. The molecule has 1 aromatic heterocycles. The largest absolute Gasteiger partial charge is 0.506 e. The summed E-state index contributed by atoms with van der Waals surface area (Å²) in [4.78, 5) is 12.2. The van der Waals surface area contributed by atoms with Gasteiger partial charge in [-0.05, 0) is 26.8 Å². The van der Waals surface area contributed by atoms with Gasteiger partial charge in [0.25, 0.3) is 0 Å². The van der Waals surface area contributed by atoms with Crippen LogP contribution in [0.25, 0.3) is 10.9 Å². The Hall–Kier alpha value is -2.37. The van der Waals surface area contributed by atoms with Crippen LogP contribution in [-0.4, -0.2) is 20.6 Å². The Morgan fingerprint density at radius 3 is 2.38 bits per heavy atom. The Kier molecular flexibility index (Phi) is 4.78. The normalized spacial score (nSPS) is 11.0. The number of benzene rings is 2. The third-order valence-corrected chi connectivity index (χ3v) is 5.06. The van der Waals surface area contributed by atoms with Gasteiger partial charge in [0.1, 0.15) is 10.7 Å². The van der Waals surface area contributed by atoms with E-state index < -0.39 is 5.97 Å². The van der Waals surface area contributed by atoms with E-state index in [-0.39, 0.29) is 10.8 Å². The highest BCUT2D eigenvalue weighted by Crippen LogP contribution is 2.42. The summed E-state index contributed by atoms with van der Waals surface area (Å²) < 4.78 is 7.27. The van der Waals surface area contributed by atoms with Crippen molar-refractivity contribution < 1.29 is 14.6 Å². The highest BCUT2D eigenvalue weighted by Gasteiger charge is 2.24. The van der Waals surface area contributed by atoms with E-state index in [1.54, 1.807) is 13.0 Å². The number of halogens is 1. The number of esters is 1. The molecule has 3 rings (SSSR count). The second-order valence-corrected chi connectivity index (χ2v) is 7.03. The van der Waals surface area contributed by atoms with Gasteiger partial charge in [0.2, 0.25) is 0 Å². The molecule has 134 valence electrons. The Balaban J connectivity index is 2.34. The average molecular weight is 388 g/mol. The van der Waals surface area contributed by atoms with Gasteiger partial charge in [-0.2, -0.15) is 0 Å². The maximum atomic E-state index is 11.6. The van der Waals surface area contributed by atoms with Crippen LogP contribution < -0.4 is 4.74 Å². The molecule has 0 aliphatic heterocycles. The number of nitrogens with zero attached hydrogens (tertiary/aromatic N) is 1. The second kappa shape index (κ2) is 6.74. The summed E-state index contributed by atoms with van der Waals surface area (Å²) in [6.45, 7) is 6.90. The van der Waals surface area contributed by atoms with Crippen LogP contribution >= 0.6 is 23.8 Å². The first-order valence-corrected chi connectivity index (χ1v) is 8.83. The minimum atomic E-state index is -0.442. The van der Waals surface area contributed by atoms with Gasteiger partial charge in [0.05, 0.1) is 16.2 Å². The minimum absolute atomic E-state index is 0.0361. The summed E-state index contributed by atoms with van der Waals surface area (Å²) in [5, 5.41) is 11.1. The van der Waals surface area contributed by atoms with Crippen molar-refractivity contribution in [3.05, 3.63) is 57.7 Å². The third-order valence-electron chi connectivity index (χ3n) is 4.36. The van der Waals surface area contributed by atoms with Crippen molar-refractivity contribution in [2.75, 3.05) is 0 Å². The number of hydrogen-bond acceptors (Lipinski definition) is 4. The van der Waals surface area contributed by atoms with E-state index in [9.17, 15) is 9.90 Å². The SMILES string of the molecule is CC(=O)Oc1c(C)n(C(=S)c2ccc(C)cc2)c2cc(Cl)c(O)c(C)c12. The molecule has 0 radical (unpaired) electrons. The third kappa shape index (κ3) is 2.97. The average Bonchev–Trinajstić information content (AvgIpc) is 2.84. The molecule has 4 nitrogen and oxygen atoms in total. The summed E-state index contributed by atoms with van der Waals surface area (Å²) in [5.74, 6) is -0.0976. The summed E-state index contributed by atoms with van der Waals surface area (Å²) in [6, 6.07) is 9.51. The molecule has 0 amide bonds. The number of fused-ring (bicyclic) bond motifs is 1. The van der Waals surface area contributed by atoms with Crippen LogP contribution in [-0.2, 0) is 4.79 Å². The first-order valence-electron chi connectivity index (χ1n) is 8.05. The van der Waals surface area contributed by atoms with Crippen molar-refractivity contribution >= 4 is 45.7 Å². The van der Waals surface area contributed by atoms with Gasteiger partial charge in [-0.1, -0.05) is 53.6 Å². The molecule has 2 aromatic carbocycles. The molecule has 6 heteroatoms. The Bertz CT molecular complexity index is 1050. The molecule has 0 fully saturated rings. The lowest BCUT2D eigenvalue weighted by Gasteiger charge is -2.11. The molecule has 0 atom stereocenters. The van der Waals surface area contributed by atoms with E-state index in [0.29, 0.717) is 32.9 Å². The van der Waals surface area contributed by atoms with Gasteiger partial charge < -0.3 is 14.4 Å². The van der Waals surface area contributed by atoms with E-state index in [4.69, 9.17) is 28.6 Å². The number of ether oxygens (including phenoxy) is 1. The number of carbonyl (C=O) groups excluding carboxylic acids is 1. The van der Waals surface area contributed by atoms with Crippen LogP contribution in [0.1, 0.15) is 29.3 Å². The lowest BCUT2D eigenvalue weighted by Crippen LogP contribution is -2.12. The highest BCUT2D eigenvalue weighted by atomic mass is 35.5. The first-order chi connectivity index (χ1) is 12.2. The van der Waals surface area contributed by atoms with Crippen molar-refractivity contribution in [1.29, 1.82) is 0 Å². The van der Waals surface area contributed by atoms with E-state index in [1.807, 2.05) is 42.7 Å². The summed E-state index contributed by atoms with van der Waals surface area (Å²) >= 11 is 11.9. The Labute approximate surface area is 162 Å². The van der Waals surface area contributed by atoms with Crippen LogP contribution in [0, 0.1) is 20.8 Å². The molecule has 0 saturated heterocycles. The van der Waals surface area contributed by atoms with Gasteiger partial charge in [0, 0.05) is 23.4 Å². The van der Waals surface area contributed by atoms with Crippen LogP contribution in [0.15, 0.2) is 30.3 Å². The zero-order valence-electron chi connectivity index (χ0n) is 14.9. The monoisotopic (exact) mass is 387 g/mol. The number of aromatic hydroxyl groups is 1. The molecule has 0 bridgehead atoms. The van der Waals surface area contributed by atoms with E-state index >= 15 is 0 Å². The van der Waals surface area contributed by atoms with Gasteiger partial charge in [-0.15, -0.1) is 0 Å². The topological polar surface area (TPSA) is 51.5 Å². The quantitative estimate of drug-likeness (QED) is 0.492. The number of hydrogen-bond donors (Lipinski definition) is 1. The zero-order chi connectivity index (χ0) is 19.2.